The summed E-state index contributed by atoms with van der Waals surface area (Å²) in [7, 11) is 1.74. The van der Waals surface area contributed by atoms with Gasteiger partial charge >= 0.3 is 5.97 Å². The molecule has 0 amide bonds. The summed E-state index contributed by atoms with van der Waals surface area (Å²) in [6.07, 6.45) is 0.826. The van der Waals surface area contributed by atoms with E-state index in [2.05, 4.69) is 4.98 Å². The molecule has 82 valence electrons. The van der Waals surface area contributed by atoms with Gasteiger partial charge in [0.1, 0.15) is 6.54 Å². The molecule has 15 heavy (non-hydrogen) atoms. The predicted octanol–water partition coefficient (Wildman–Crippen LogP) is 0.737. The summed E-state index contributed by atoms with van der Waals surface area (Å²) in [5.41, 5.74) is 1.05. The molecule has 1 aromatic heterocycles. The van der Waals surface area contributed by atoms with E-state index in [0.29, 0.717) is 13.2 Å². The maximum absolute atomic E-state index is 10.5. The Labute approximate surface area is 91.3 Å². The molecule has 0 fully saturated rings. The van der Waals surface area contributed by atoms with Crippen LogP contribution in [0.25, 0.3) is 0 Å². The van der Waals surface area contributed by atoms with Gasteiger partial charge in [-0.05, 0) is 0 Å². The van der Waals surface area contributed by atoms with E-state index in [9.17, 15) is 4.79 Å². The molecule has 1 aliphatic heterocycles. The van der Waals surface area contributed by atoms with Crippen LogP contribution in [0, 0.1) is 0 Å². The topological polar surface area (TPSA) is 62.7 Å². The number of anilines is 1. The van der Waals surface area contributed by atoms with Gasteiger partial charge in [0.05, 0.1) is 23.8 Å². The first-order chi connectivity index (χ1) is 7.16. The molecule has 0 unspecified atom stereocenters. The molecule has 0 radical (unpaired) electrons. The van der Waals surface area contributed by atoms with E-state index in [-0.39, 0.29) is 6.54 Å². The van der Waals surface area contributed by atoms with E-state index in [4.69, 9.17) is 9.84 Å². The van der Waals surface area contributed by atoms with Crippen molar-refractivity contribution in [3.05, 3.63) is 10.6 Å². The lowest BCUT2D eigenvalue weighted by molar-refractivity contribution is -0.135. The number of rotatable bonds is 3. The van der Waals surface area contributed by atoms with Gasteiger partial charge in [0.25, 0.3) is 0 Å². The Morgan fingerprint density at radius 3 is 3.20 bits per heavy atom. The smallest absolute Gasteiger partial charge is 0.323 e. The number of fused-ring (bicyclic) bond motifs is 1. The molecule has 0 aliphatic carbocycles. The van der Waals surface area contributed by atoms with Crippen molar-refractivity contribution in [2.45, 2.75) is 13.0 Å². The fourth-order valence-corrected chi connectivity index (χ4v) is 2.45. The zero-order chi connectivity index (χ0) is 10.8. The molecule has 0 saturated carbocycles. The number of ether oxygens (including phenoxy) is 1. The van der Waals surface area contributed by atoms with Crippen molar-refractivity contribution in [1.82, 2.24) is 4.98 Å². The van der Waals surface area contributed by atoms with Crippen molar-refractivity contribution in [3.63, 3.8) is 0 Å². The largest absolute Gasteiger partial charge is 0.480 e. The van der Waals surface area contributed by atoms with Gasteiger partial charge in [-0.2, -0.15) is 0 Å². The van der Waals surface area contributed by atoms with Crippen LogP contribution in [0.3, 0.4) is 0 Å². The van der Waals surface area contributed by atoms with Crippen LogP contribution >= 0.6 is 11.3 Å². The molecule has 0 atom stereocenters. The number of carboxylic acids is 1. The highest BCUT2D eigenvalue weighted by molar-refractivity contribution is 7.15. The summed E-state index contributed by atoms with van der Waals surface area (Å²) < 4.78 is 5.31. The van der Waals surface area contributed by atoms with E-state index < -0.39 is 5.97 Å². The Bertz CT molecular complexity index is 354. The van der Waals surface area contributed by atoms with Gasteiger partial charge in [-0.15, -0.1) is 0 Å². The van der Waals surface area contributed by atoms with Gasteiger partial charge in [-0.25, -0.2) is 4.98 Å². The number of aliphatic carboxylic acids is 1. The van der Waals surface area contributed by atoms with Crippen molar-refractivity contribution in [1.29, 1.82) is 0 Å². The predicted molar refractivity (Wildman–Crippen MR) is 56.4 cm³/mol. The first-order valence-corrected chi connectivity index (χ1v) is 5.47. The molecule has 0 aromatic carbocycles. The van der Waals surface area contributed by atoms with Crippen molar-refractivity contribution in [3.8, 4) is 0 Å². The highest BCUT2D eigenvalue weighted by Gasteiger charge is 2.18. The van der Waals surface area contributed by atoms with Crippen LogP contribution in [-0.4, -0.2) is 36.3 Å². The van der Waals surface area contributed by atoms with Crippen LogP contribution in [0.15, 0.2) is 0 Å². The third kappa shape index (κ3) is 2.27. The Kier molecular flexibility index (Phi) is 2.88. The number of carboxylic acid groups (broad SMARTS) is 1. The molecular weight excluding hydrogens is 216 g/mol. The first kappa shape index (κ1) is 10.4. The maximum Gasteiger partial charge on any atom is 0.323 e. The number of hydrogen-bond acceptors (Lipinski definition) is 5. The summed E-state index contributed by atoms with van der Waals surface area (Å²) in [6, 6.07) is 0. The lowest BCUT2D eigenvalue weighted by atomic mass is 10.2. The zero-order valence-corrected chi connectivity index (χ0v) is 9.21. The monoisotopic (exact) mass is 228 g/mol. The number of thiazole rings is 1. The summed E-state index contributed by atoms with van der Waals surface area (Å²) in [4.78, 5) is 17.7. The fourth-order valence-electron chi connectivity index (χ4n) is 1.45. The second-order valence-corrected chi connectivity index (χ2v) is 4.48. The zero-order valence-electron chi connectivity index (χ0n) is 8.39. The van der Waals surface area contributed by atoms with Crippen molar-refractivity contribution in [2.24, 2.45) is 0 Å². The van der Waals surface area contributed by atoms with Gasteiger partial charge in [-0.3, -0.25) is 4.79 Å². The first-order valence-electron chi connectivity index (χ1n) is 4.66. The van der Waals surface area contributed by atoms with Crippen LogP contribution in [0.4, 0.5) is 5.13 Å². The number of aromatic nitrogens is 1. The standard InChI is InChI=1S/C9H12N2O3S/c1-11(4-8(12)13)9-10-6-2-3-14-5-7(6)15-9/h2-5H2,1H3,(H,12,13). The number of hydrogen-bond donors (Lipinski definition) is 1. The summed E-state index contributed by atoms with van der Waals surface area (Å²) >= 11 is 1.51. The van der Waals surface area contributed by atoms with Crippen LogP contribution in [0.5, 0.6) is 0 Å². The van der Waals surface area contributed by atoms with E-state index in [1.54, 1.807) is 11.9 Å². The molecule has 1 N–H and O–H groups in total. The lowest BCUT2D eigenvalue weighted by Gasteiger charge is -2.11. The third-order valence-corrected chi connectivity index (χ3v) is 3.37. The number of carbonyl (C=O) groups is 1. The Hall–Kier alpha value is -1.14. The molecule has 6 heteroatoms. The Morgan fingerprint density at radius 1 is 1.73 bits per heavy atom. The number of likely N-dealkylation sites (N-methyl/N-ethyl adjacent to an activating group) is 1. The average molecular weight is 228 g/mol. The molecule has 2 heterocycles. The second kappa shape index (κ2) is 4.16. The van der Waals surface area contributed by atoms with Crippen molar-refractivity contribution < 1.29 is 14.6 Å². The summed E-state index contributed by atoms with van der Waals surface area (Å²) in [5, 5.41) is 9.42. The van der Waals surface area contributed by atoms with E-state index >= 15 is 0 Å². The molecular formula is C9H12N2O3S. The van der Waals surface area contributed by atoms with Crippen molar-refractivity contribution >= 4 is 22.4 Å². The quantitative estimate of drug-likeness (QED) is 0.826. The molecule has 0 bridgehead atoms. The van der Waals surface area contributed by atoms with E-state index in [0.717, 1.165) is 22.1 Å². The maximum atomic E-state index is 10.5. The van der Waals surface area contributed by atoms with Gasteiger partial charge in [0.2, 0.25) is 0 Å². The van der Waals surface area contributed by atoms with Crippen LogP contribution in [0.2, 0.25) is 0 Å². The van der Waals surface area contributed by atoms with Gasteiger partial charge in [0, 0.05) is 13.5 Å². The van der Waals surface area contributed by atoms with E-state index in [1.807, 2.05) is 0 Å². The molecule has 1 aliphatic rings. The van der Waals surface area contributed by atoms with Gasteiger partial charge in [0.15, 0.2) is 5.13 Å². The van der Waals surface area contributed by atoms with Crippen LogP contribution in [0.1, 0.15) is 10.6 Å². The molecule has 5 nitrogen and oxygen atoms in total. The molecule has 2 rings (SSSR count). The summed E-state index contributed by atoms with van der Waals surface area (Å²) in [6.45, 7) is 1.29. The minimum atomic E-state index is -0.845. The van der Waals surface area contributed by atoms with Crippen LogP contribution < -0.4 is 4.90 Å². The second-order valence-electron chi connectivity index (χ2n) is 3.42. The summed E-state index contributed by atoms with van der Waals surface area (Å²) in [5.74, 6) is -0.845. The normalized spacial score (nSPS) is 14.7. The highest BCUT2D eigenvalue weighted by Crippen LogP contribution is 2.28. The van der Waals surface area contributed by atoms with E-state index in [1.165, 1.54) is 11.3 Å². The Balaban J connectivity index is 2.15. The highest BCUT2D eigenvalue weighted by atomic mass is 32.1. The van der Waals surface area contributed by atoms with Crippen LogP contribution in [-0.2, 0) is 22.6 Å². The number of nitrogens with zero attached hydrogens (tertiary/aromatic N) is 2. The third-order valence-electron chi connectivity index (χ3n) is 2.18. The minimum absolute atomic E-state index is 0.0206. The van der Waals surface area contributed by atoms with Gasteiger partial charge < -0.3 is 14.7 Å². The lowest BCUT2D eigenvalue weighted by Crippen LogP contribution is -2.24. The minimum Gasteiger partial charge on any atom is -0.480 e. The fraction of sp³-hybridized carbons (Fsp3) is 0.556. The average Bonchev–Trinajstić information content (AvgIpc) is 2.59. The molecule has 0 saturated heterocycles. The molecule has 1 aromatic rings. The SMILES string of the molecule is CN(CC(=O)O)c1nc2c(s1)COCC2. The van der Waals surface area contributed by atoms with Gasteiger partial charge in [-0.1, -0.05) is 11.3 Å². The Morgan fingerprint density at radius 2 is 2.53 bits per heavy atom. The van der Waals surface area contributed by atoms with Crippen molar-refractivity contribution in [2.75, 3.05) is 25.1 Å². The molecule has 0 spiro atoms.